The van der Waals surface area contributed by atoms with Gasteiger partial charge in [0.15, 0.2) is 0 Å². The standard InChI is InChI=1S/C10H21NO.C6H14.C4H9NO.C4H10/c1-8(4-5-10(3)12)9(2)6-7-11;1-3-5-6-4-2;1-2-3-5-4-6;1-3-4-2/h8-9H,4-7,11H2,1-3H3;3-6H2,1-2H3;4H,2-3H2,1H3,(H,5,6);3-4H2,1-2H3. The number of carbonyl (C=O) groups is 2. The molecule has 0 aromatic heterocycles. The smallest absolute Gasteiger partial charge is 0.207 e. The molecule has 0 aromatic carbocycles. The molecule has 0 aliphatic heterocycles. The number of ketones is 1. The molecule has 2 unspecified atom stereocenters. The SMILES string of the molecule is CC(=O)CCC(C)C(C)CCN.CCCC.CCCCCC.CCCNC=O. The zero-order valence-corrected chi connectivity index (χ0v) is 20.6. The zero-order chi connectivity index (χ0) is 22.6. The highest BCUT2D eigenvalue weighted by Gasteiger charge is 2.11. The molecule has 0 aliphatic carbocycles. The number of carbonyl (C=O) groups excluding carboxylic acids is 2. The first kappa shape index (κ1) is 34.6. The molecule has 0 radical (unpaired) electrons. The minimum Gasteiger partial charge on any atom is -0.359 e. The number of unbranched alkanes of at least 4 members (excludes halogenated alkanes) is 4. The Morgan fingerprint density at radius 3 is 1.57 bits per heavy atom. The van der Waals surface area contributed by atoms with E-state index in [1.54, 1.807) is 6.92 Å². The van der Waals surface area contributed by atoms with Gasteiger partial charge in [-0.05, 0) is 44.6 Å². The first-order valence-electron chi connectivity index (χ1n) is 11.7. The first-order chi connectivity index (χ1) is 13.3. The predicted octanol–water partition coefficient (Wildman–Crippen LogP) is 6.51. The van der Waals surface area contributed by atoms with Gasteiger partial charge in [-0.15, -0.1) is 0 Å². The normalized spacial score (nSPS) is 11.3. The average molecular weight is 403 g/mol. The van der Waals surface area contributed by atoms with Crippen LogP contribution in [0.15, 0.2) is 0 Å². The van der Waals surface area contributed by atoms with E-state index in [0.29, 0.717) is 24.0 Å². The second-order valence-corrected chi connectivity index (χ2v) is 7.55. The lowest BCUT2D eigenvalue weighted by Crippen LogP contribution is -2.14. The maximum absolute atomic E-state index is 10.7. The highest BCUT2D eigenvalue weighted by Crippen LogP contribution is 2.19. The number of amides is 1. The molecule has 4 nitrogen and oxygen atoms in total. The molecule has 2 atom stereocenters. The fourth-order valence-corrected chi connectivity index (χ4v) is 1.97. The van der Waals surface area contributed by atoms with E-state index in [9.17, 15) is 9.59 Å². The van der Waals surface area contributed by atoms with E-state index >= 15 is 0 Å². The van der Waals surface area contributed by atoms with E-state index in [0.717, 1.165) is 38.8 Å². The number of nitrogens with two attached hydrogens (primary N) is 1. The van der Waals surface area contributed by atoms with E-state index in [2.05, 4.69) is 46.9 Å². The third-order valence-electron chi connectivity index (χ3n) is 4.48. The first-order valence-corrected chi connectivity index (χ1v) is 11.7. The quantitative estimate of drug-likeness (QED) is 0.272. The summed E-state index contributed by atoms with van der Waals surface area (Å²) in [5, 5.41) is 2.52. The van der Waals surface area contributed by atoms with Gasteiger partial charge >= 0.3 is 0 Å². The molecule has 0 fully saturated rings. The zero-order valence-electron chi connectivity index (χ0n) is 20.6. The highest BCUT2D eigenvalue weighted by atomic mass is 16.1. The molecule has 0 rings (SSSR count). The summed E-state index contributed by atoms with van der Waals surface area (Å²) in [4.78, 5) is 20.2. The van der Waals surface area contributed by atoms with Crippen LogP contribution in [0.4, 0.5) is 0 Å². The fourth-order valence-electron chi connectivity index (χ4n) is 1.97. The van der Waals surface area contributed by atoms with Gasteiger partial charge in [-0.1, -0.05) is 87.0 Å². The number of nitrogens with one attached hydrogen (secondary N) is 1. The van der Waals surface area contributed by atoms with Gasteiger partial charge in [0.25, 0.3) is 0 Å². The fraction of sp³-hybridized carbons (Fsp3) is 0.917. The van der Waals surface area contributed by atoms with Gasteiger partial charge in [0, 0.05) is 13.0 Å². The van der Waals surface area contributed by atoms with Crippen molar-refractivity contribution in [2.24, 2.45) is 17.6 Å². The van der Waals surface area contributed by atoms with Crippen molar-refractivity contribution in [3.05, 3.63) is 0 Å². The Morgan fingerprint density at radius 1 is 0.857 bits per heavy atom. The Kier molecular flexibility index (Phi) is 41.6. The van der Waals surface area contributed by atoms with Crippen LogP contribution in [0.2, 0.25) is 0 Å². The molecule has 0 heterocycles. The second-order valence-electron chi connectivity index (χ2n) is 7.55. The Bertz CT molecular complexity index is 278. The highest BCUT2D eigenvalue weighted by molar-refractivity contribution is 5.75. The van der Waals surface area contributed by atoms with Gasteiger partial charge in [-0.2, -0.15) is 0 Å². The Labute approximate surface area is 177 Å². The van der Waals surface area contributed by atoms with Gasteiger partial charge in [0.05, 0.1) is 0 Å². The van der Waals surface area contributed by atoms with Gasteiger partial charge < -0.3 is 15.8 Å². The number of rotatable bonds is 13. The monoisotopic (exact) mass is 402 g/mol. The van der Waals surface area contributed by atoms with Crippen LogP contribution in [-0.2, 0) is 9.59 Å². The summed E-state index contributed by atoms with van der Waals surface area (Å²) >= 11 is 0. The van der Waals surface area contributed by atoms with Crippen molar-refractivity contribution < 1.29 is 9.59 Å². The maximum Gasteiger partial charge on any atom is 0.207 e. The van der Waals surface area contributed by atoms with Crippen LogP contribution in [0, 0.1) is 11.8 Å². The van der Waals surface area contributed by atoms with Crippen LogP contribution in [0.3, 0.4) is 0 Å². The van der Waals surface area contributed by atoms with E-state index in [1.807, 2.05) is 6.92 Å². The molecule has 4 heteroatoms. The summed E-state index contributed by atoms with van der Waals surface area (Å²) in [5.74, 6) is 1.56. The largest absolute Gasteiger partial charge is 0.359 e. The molecule has 172 valence electrons. The van der Waals surface area contributed by atoms with Gasteiger partial charge in [-0.25, -0.2) is 0 Å². The molecule has 1 amide bonds. The molecule has 0 aromatic rings. The summed E-state index contributed by atoms with van der Waals surface area (Å²) in [6.45, 7) is 18.4. The van der Waals surface area contributed by atoms with Crippen molar-refractivity contribution in [2.75, 3.05) is 13.1 Å². The average Bonchev–Trinajstić information content (AvgIpc) is 2.70. The molecule has 0 bridgehead atoms. The van der Waals surface area contributed by atoms with Crippen molar-refractivity contribution in [1.82, 2.24) is 5.32 Å². The summed E-state index contributed by atoms with van der Waals surface area (Å²) in [5.41, 5.74) is 5.46. The van der Waals surface area contributed by atoms with Crippen molar-refractivity contribution in [3.8, 4) is 0 Å². The van der Waals surface area contributed by atoms with Gasteiger partial charge in [0.2, 0.25) is 6.41 Å². The third kappa shape index (κ3) is 44.5. The molecule has 28 heavy (non-hydrogen) atoms. The van der Waals surface area contributed by atoms with Crippen LogP contribution in [0.1, 0.15) is 120 Å². The van der Waals surface area contributed by atoms with Crippen LogP contribution < -0.4 is 11.1 Å². The lowest BCUT2D eigenvalue weighted by molar-refractivity contribution is -0.117. The van der Waals surface area contributed by atoms with Crippen molar-refractivity contribution >= 4 is 12.2 Å². The maximum atomic E-state index is 10.7. The van der Waals surface area contributed by atoms with Crippen LogP contribution >= 0.6 is 0 Å². The molecule has 0 saturated heterocycles. The lowest BCUT2D eigenvalue weighted by atomic mass is 9.89. The van der Waals surface area contributed by atoms with Crippen LogP contribution in [0.5, 0.6) is 0 Å². The summed E-state index contributed by atoms with van der Waals surface area (Å²) in [6, 6.07) is 0. The Hall–Kier alpha value is -0.900. The Morgan fingerprint density at radius 2 is 1.32 bits per heavy atom. The predicted molar refractivity (Wildman–Crippen MR) is 127 cm³/mol. The van der Waals surface area contributed by atoms with E-state index < -0.39 is 0 Å². The van der Waals surface area contributed by atoms with E-state index in [4.69, 9.17) is 5.73 Å². The Balaban J connectivity index is -0.000000152. The van der Waals surface area contributed by atoms with Crippen molar-refractivity contribution in [3.63, 3.8) is 0 Å². The summed E-state index contributed by atoms with van der Waals surface area (Å²) in [7, 11) is 0. The van der Waals surface area contributed by atoms with Crippen LogP contribution in [-0.4, -0.2) is 25.3 Å². The molecule has 3 N–H and O–H groups in total. The van der Waals surface area contributed by atoms with E-state index in [1.165, 1.54) is 38.5 Å². The number of Topliss-reactive ketones (excluding diaryl/α,β-unsaturated/α-hetero) is 1. The minimum atomic E-state index is 0.293. The van der Waals surface area contributed by atoms with Crippen molar-refractivity contribution in [1.29, 1.82) is 0 Å². The summed E-state index contributed by atoms with van der Waals surface area (Å²) < 4.78 is 0. The number of hydrogen-bond acceptors (Lipinski definition) is 3. The van der Waals surface area contributed by atoms with E-state index in [-0.39, 0.29) is 0 Å². The second kappa shape index (κ2) is 33.7. The molecule has 0 aliphatic rings. The topological polar surface area (TPSA) is 72.2 Å². The van der Waals surface area contributed by atoms with Crippen LogP contribution in [0.25, 0.3) is 0 Å². The van der Waals surface area contributed by atoms with Gasteiger partial charge in [-0.3, -0.25) is 4.79 Å². The lowest BCUT2D eigenvalue weighted by Gasteiger charge is -2.18. The molecule has 0 saturated carbocycles. The van der Waals surface area contributed by atoms with Gasteiger partial charge in [0.1, 0.15) is 5.78 Å². The van der Waals surface area contributed by atoms with Crippen molar-refractivity contribution in [2.45, 2.75) is 120 Å². The number of hydrogen-bond donors (Lipinski definition) is 2. The minimum absolute atomic E-state index is 0.293. The summed E-state index contributed by atoms with van der Waals surface area (Å²) in [6.07, 6.45) is 12.7. The molecule has 0 spiro atoms. The molecular formula is C24H54N2O2. The third-order valence-corrected chi connectivity index (χ3v) is 4.48. The molecular weight excluding hydrogens is 348 g/mol.